The van der Waals surface area contributed by atoms with Gasteiger partial charge in [0.15, 0.2) is 6.04 Å². The molecule has 0 radical (unpaired) electrons. The number of amides is 3. The molecule has 6 atom stereocenters. The Morgan fingerprint density at radius 3 is 1.88 bits per heavy atom. The van der Waals surface area contributed by atoms with Crippen LogP contribution in [-0.2, 0) is 25.6 Å². The second kappa shape index (κ2) is 13.0. The van der Waals surface area contributed by atoms with Gasteiger partial charge in [-0.2, -0.15) is 12.6 Å². The van der Waals surface area contributed by atoms with E-state index in [2.05, 4.69) is 28.6 Å². The van der Waals surface area contributed by atoms with Crippen molar-refractivity contribution in [3.05, 3.63) is 29.8 Å². The molecular formula is C20H30N4O8S. The number of benzene rings is 1. The maximum Gasteiger partial charge on any atom is 0.328 e. The van der Waals surface area contributed by atoms with E-state index in [-0.39, 0.29) is 17.9 Å². The largest absolute Gasteiger partial charge is 0.508 e. The van der Waals surface area contributed by atoms with Crippen LogP contribution < -0.4 is 21.7 Å². The fourth-order valence-electron chi connectivity index (χ4n) is 2.73. The van der Waals surface area contributed by atoms with E-state index in [1.807, 2.05) is 0 Å². The molecule has 0 saturated heterocycles. The lowest BCUT2D eigenvalue weighted by atomic mass is 10.0. The molecule has 33 heavy (non-hydrogen) atoms. The molecule has 0 spiro atoms. The number of carbonyl (C=O) groups excluding carboxylic acids is 3. The van der Waals surface area contributed by atoms with Crippen LogP contribution in [0.25, 0.3) is 0 Å². The van der Waals surface area contributed by atoms with Crippen LogP contribution in [0, 0.1) is 0 Å². The molecule has 0 heterocycles. The first-order valence-corrected chi connectivity index (χ1v) is 10.6. The number of aromatic hydroxyl groups is 1. The molecule has 12 nitrogen and oxygen atoms in total. The van der Waals surface area contributed by atoms with Crippen molar-refractivity contribution in [3.8, 4) is 5.75 Å². The molecule has 0 unspecified atom stereocenters. The summed E-state index contributed by atoms with van der Waals surface area (Å²) in [6.45, 7) is 2.43. The molecule has 0 saturated carbocycles. The van der Waals surface area contributed by atoms with Crippen LogP contribution in [0.4, 0.5) is 0 Å². The molecule has 0 aliphatic rings. The lowest BCUT2D eigenvalue weighted by molar-refractivity contribution is -0.145. The second-order valence-corrected chi connectivity index (χ2v) is 7.88. The molecule has 9 N–H and O–H groups in total. The van der Waals surface area contributed by atoms with E-state index in [9.17, 15) is 39.6 Å². The van der Waals surface area contributed by atoms with Crippen LogP contribution in [0.2, 0.25) is 0 Å². The summed E-state index contributed by atoms with van der Waals surface area (Å²) in [6, 6.07) is 0.206. The minimum Gasteiger partial charge on any atom is -0.508 e. The molecule has 1 aromatic rings. The summed E-state index contributed by atoms with van der Waals surface area (Å²) in [7, 11) is 0. The number of carboxylic acid groups (broad SMARTS) is 1. The normalized spacial score (nSPS) is 16.4. The highest BCUT2D eigenvalue weighted by atomic mass is 32.1. The molecule has 0 aliphatic heterocycles. The van der Waals surface area contributed by atoms with Crippen molar-refractivity contribution in [2.24, 2.45) is 5.73 Å². The fourth-order valence-corrected chi connectivity index (χ4v) is 2.90. The number of carbonyl (C=O) groups is 4. The van der Waals surface area contributed by atoms with E-state index >= 15 is 0 Å². The number of hydrogen-bond donors (Lipinski definition) is 9. The van der Waals surface area contributed by atoms with Gasteiger partial charge in [0.05, 0.1) is 18.2 Å². The lowest BCUT2D eigenvalue weighted by Gasteiger charge is -2.27. The number of aliphatic carboxylic acids is 1. The van der Waals surface area contributed by atoms with Gasteiger partial charge in [0, 0.05) is 12.2 Å². The Morgan fingerprint density at radius 2 is 1.42 bits per heavy atom. The van der Waals surface area contributed by atoms with Crippen molar-refractivity contribution in [2.75, 3.05) is 5.75 Å². The number of phenols is 1. The number of nitrogens with two attached hydrogens (primary N) is 1. The molecule has 0 fully saturated rings. The highest BCUT2D eigenvalue weighted by Crippen LogP contribution is 2.12. The number of phenolic OH excluding ortho intramolecular Hbond substituents is 1. The minimum absolute atomic E-state index is 0.0121. The number of rotatable bonds is 12. The van der Waals surface area contributed by atoms with Crippen LogP contribution in [0.3, 0.4) is 0 Å². The zero-order valence-electron chi connectivity index (χ0n) is 18.1. The van der Waals surface area contributed by atoms with E-state index in [0.717, 1.165) is 0 Å². The first-order chi connectivity index (χ1) is 15.4. The summed E-state index contributed by atoms with van der Waals surface area (Å²) in [4.78, 5) is 49.0. The number of carboxylic acids is 1. The third-order valence-electron chi connectivity index (χ3n) is 4.65. The molecule has 3 amide bonds. The molecular weight excluding hydrogens is 456 g/mol. The van der Waals surface area contributed by atoms with Crippen molar-refractivity contribution in [3.63, 3.8) is 0 Å². The molecule has 1 rings (SSSR count). The molecule has 0 aromatic heterocycles. The van der Waals surface area contributed by atoms with Gasteiger partial charge in [0.2, 0.25) is 17.7 Å². The van der Waals surface area contributed by atoms with Crippen LogP contribution in [0.1, 0.15) is 19.4 Å². The Hall–Kier alpha value is -2.87. The fraction of sp³-hybridized carbons (Fsp3) is 0.500. The summed E-state index contributed by atoms with van der Waals surface area (Å²) in [5, 5.41) is 45.1. The van der Waals surface area contributed by atoms with E-state index in [4.69, 9.17) is 5.73 Å². The smallest absolute Gasteiger partial charge is 0.328 e. The van der Waals surface area contributed by atoms with E-state index in [1.165, 1.54) is 38.1 Å². The Labute approximate surface area is 196 Å². The Morgan fingerprint density at radius 1 is 0.909 bits per heavy atom. The lowest BCUT2D eigenvalue weighted by Crippen LogP contribution is -2.61. The maximum atomic E-state index is 12.8. The average molecular weight is 487 g/mol. The number of hydrogen-bond acceptors (Lipinski definition) is 9. The number of aliphatic hydroxyl groups is 2. The molecule has 1 aromatic carbocycles. The van der Waals surface area contributed by atoms with Crippen LogP contribution in [0.15, 0.2) is 24.3 Å². The Bertz CT molecular complexity index is 834. The third kappa shape index (κ3) is 8.88. The Kier molecular flexibility index (Phi) is 11.1. The van der Waals surface area contributed by atoms with Gasteiger partial charge in [0.25, 0.3) is 0 Å². The van der Waals surface area contributed by atoms with Crippen molar-refractivity contribution in [2.45, 2.75) is 56.6 Å². The molecule has 0 bridgehead atoms. The van der Waals surface area contributed by atoms with Gasteiger partial charge in [-0.25, -0.2) is 4.79 Å². The zero-order valence-corrected chi connectivity index (χ0v) is 19.0. The van der Waals surface area contributed by atoms with Crippen molar-refractivity contribution < 1.29 is 39.6 Å². The first kappa shape index (κ1) is 28.2. The summed E-state index contributed by atoms with van der Waals surface area (Å²) in [5.74, 6) is -4.11. The van der Waals surface area contributed by atoms with Gasteiger partial charge in [-0.15, -0.1) is 0 Å². The molecule has 13 heteroatoms. The second-order valence-electron chi connectivity index (χ2n) is 7.51. The van der Waals surface area contributed by atoms with Gasteiger partial charge in [-0.3, -0.25) is 14.4 Å². The topological polar surface area (TPSA) is 211 Å². The predicted octanol–water partition coefficient (Wildman–Crippen LogP) is -2.51. The van der Waals surface area contributed by atoms with Crippen molar-refractivity contribution in [1.82, 2.24) is 16.0 Å². The summed E-state index contributed by atoms with van der Waals surface area (Å²) in [5.41, 5.74) is 6.08. The van der Waals surface area contributed by atoms with Crippen LogP contribution in [-0.4, -0.2) is 86.2 Å². The molecule has 0 aliphatic carbocycles. The number of nitrogens with one attached hydrogen (secondary N) is 3. The first-order valence-electron chi connectivity index (χ1n) is 10.0. The van der Waals surface area contributed by atoms with Crippen molar-refractivity contribution >= 4 is 36.3 Å². The van der Waals surface area contributed by atoms with Gasteiger partial charge in [-0.05, 0) is 31.5 Å². The minimum atomic E-state index is -1.64. The summed E-state index contributed by atoms with van der Waals surface area (Å²) in [6.07, 6.45) is -2.91. The summed E-state index contributed by atoms with van der Waals surface area (Å²) >= 11 is 3.90. The standard InChI is InChI=1S/C20H30N4O8S/c1-9(25)15(23-17(28)13(21)8-33)19(30)22-14(7-11-3-5-12(27)6-4-11)18(29)24-16(10(2)26)20(31)32/h3-6,9-10,13-16,25-27,33H,7-8,21H2,1-2H3,(H,22,30)(H,23,28)(H,24,29)(H,31,32)/t9-,10-,13+,14+,15+,16+/m1/s1. The van der Waals surface area contributed by atoms with Crippen LogP contribution >= 0.6 is 12.6 Å². The SMILES string of the molecule is C[C@@H](O)[C@H](NC(=O)[C@H](Cc1ccc(O)cc1)NC(=O)[C@@H](NC(=O)[C@@H](N)CS)[C@@H](C)O)C(=O)O. The molecule has 184 valence electrons. The quantitative estimate of drug-likeness (QED) is 0.143. The zero-order chi connectivity index (χ0) is 25.3. The van der Waals surface area contributed by atoms with E-state index in [1.54, 1.807) is 0 Å². The predicted molar refractivity (Wildman–Crippen MR) is 120 cm³/mol. The number of thiol groups is 1. The van der Waals surface area contributed by atoms with Crippen molar-refractivity contribution in [1.29, 1.82) is 0 Å². The van der Waals surface area contributed by atoms with Gasteiger partial charge in [0.1, 0.15) is 17.8 Å². The van der Waals surface area contributed by atoms with E-state index in [0.29, 0.717) is 5.56 Å². The van der Waals surface area contributed by atoms with E-state index < -0.39 is 60.1 Å². The number of aliphatic hydroxyl groups excluding tert-OH is 2. The Balaban J connectivity index is 3.13. The highest BCUT2D eigenvalue weighted by molar-refractivity contribution is 7.80. The highest BCUT2D eigenvalue weighted by Gasteiger charge is 2.33. The monoisotopic (exact) mass is 486 g/mol. The van der Waals surface area contributed by atoms with Crippen LogP contribution in [0.5, 0.6) is 5.75 Å². The van der Waals surface area contributed by atoms with Gasteiger partial charge >= 0.3 is 5.97 Å². The van der Waals surface area contributed by atoms with Gasteiger partial charge < -0.3 is 42.1 Å². The van der Waals surface area contributed by atoms with Gasteiger partial charge in [-0.1, -0.05) is 12.1 Å². The summed E-state index contributed by atoms with van der Waals surface area (Å²) < 4.78 is 0. The third-order valence-corrected chi connectivity index (χ3v) is 5.04. The average Bonchev–Trinajstić information content (AvgIpc) is 2.74. The maximum absolute atomic E-state index is 12.8.